The van der Waals surface area contributed by atoms with Crippen molar-refractivity contribution in [1.82, 2.24) is 15.0 Å². The predicted octanol–water partition coefficient (Wildman–Crippen LogP) is 3.53. The fourth-order valence-corrected chi connectivity index (χ4v) is 3.31. The first kappa shape index (κ1) is 14.2. The van der Waals surface area contributed by atoms with Gasteiger partial charge in [-0.05, 0) is 36.7 Å². The van der Waals surface area contributed by atoms with Crippen LogP contribution in [0, 0.1) is 13.8 Å². The van der Waals surface area contributed by atoms with Crippen LogP contribution in [-0.4, -0.2) is 22.0 Å². The van der Waals surface area contributed by atoms with Gasteiger partial charge in [-0.2, -0.15) is 0 Å². The van der Waals surface area contributed by atoms with Crippen molar-refractivity contribution in [2.24, 2.45) is 0 Å². The minimum absolute atomic E-state index is 0.155. The van der Waals surface area contributed by atoms with E-state index in [-0.39, 0.29) is 6.04 Å². The minimum atomic E-state index is 0.155. The Balaban J connectivity index is 2.24. The molecule has 2 N–H and O–H groups in total. The summed E-state index contributed by atoms with van der Waals surface area (Å²) in [5.74, 6) is 1.54. The van der Waals surface area contributed by atoms with E-state index < -0.39 is 0 Å². The molecule has 5 nitrogen and oxygen atoms in total. The van der Waals surface area contributed by atoms with Gasteiger partial charge in [-0.1, -0.05) is 0 Å². The van der Waals surface area contributed by atoms with E-state index >= 15 is 0 Å². The quantitative estimate of drug-likeness (QED) is 0.890. The molecule has 2 aromatic heterocycles. The number of thiazole rings is 1. The second-order valence-corrected chi connectivity index (χ2v) is 6.21. The van der Waals surface area contributed by atoms with Crippen LogP contribution in [0.15, 0.2) is 10.8 Å². The van der Waals surface area contributed by atoms with Gasteiger partial charge in [-0.3, -0.25) is 0 Å². The van der Waals surface area contributed by atoms with Crippen LogP contribution in [0.5, 0.6) is 0 Å². The van der Waals surface area contributed by atoms with Gasteiger partial charge in [-0.15, -0.1) is 11.3 Å². The Morgan fingerprint density at radius 1 is 1.26 bits per heavy atom. The highest BCUT2D eigenvalue weighted by Crippen LogP contribution is 2.31. The maximum absolute atomic E-state index is 4.45. The molecule has 2 rings (SSSR count). The Kier molecular flexibility index (Phi) is 4.36. The summed E-state index contributed by atoms with van der Waals surface area (Å²) in [7, 11) is 1.83. The van der Waals surface area contributed by atoms with E-state index in [0.717, 1.165) is 26.8 Å². The molecule has 0 fully saturated rings. The Morgan fingerprint density at radius 2 is 1.95 bits per heavy atom. The molecule has 0 aliphatic carbocycles. The first-order valence-electron chi connectivity index (χ1n) is 5.91. The smallest absolute Gasteiger partial charge is 0.146 e. The van der Waals surface area contributed by atoms with E-state index in [1.807, 2.05) is 20.9 Å². The van der Waals surface area contributed by atoms with Gasteiger partial charge in [0.05, 0.1) is 16.7 Å². The lowest BCUT2D eigenvalue weighted by Crippen LogP contribution is -2.09. The van der Waals surface area contributed by atoms with Gasteiger partial charge in [0.25, 0.3) is 0 Å². The highest BCUT2D eigenvalue weighted by Gasteiger charge is 2.15. The van der Waals surface area contributed by atoms with Crippen LogP contribution in [0.3, 0.4) is 0 Å². The molecule has 2 aromatic rings. The number of nitrogens with one attached hydrogen (secondary N) is 2. The van der Waals surface area contributed by atoms with Crippen molar-refractivity contribution < 1.29 is 0 Å². The second kappa shape index (κ2) is 5.83. The summed E-state index contributed by atoms with van der Waals surface area (Å²) in [5, 5.41) is 7.49. The van der Waals surface area contributed by atoms with Crippen LogP contribution in [0.1, 0.15) is 28.5 Å². The Morgan fingerprint density at radius 3 is 2.53 bits per heavy atom. The molecule has 0 saturated carbocycles. The molecule has 19 heavy (non-hydrogen) atoms. The van der Waals surface area contributed by atoms with Crippen molar-refractivity contribution in [3.05, 3.63) is 26.4 Å². The molecule has 1 unspecified atom stereocenters. The fraction of sp³-hybridized carbons (Fsp3) is 0.417. The van der Waals surface area contributed by atoms with Gasteiger partial charge in [-0.25, -0.2) is 15.0 Å². The van der Waals surface area contributed by atoms with Crippen molar-refractivity contribution >= 4 is 38.9 Å². The zero-order valence-electron chi connectivity index (χ0n) is 11.3. The fourth-order valence-electron chi connectivity index (χ4n) is 1.86. The summed E-state index contributed by atoms with van der Waals surface area (Å²) < 4.78 is 0.836. The summed E-state index contributed by atoms with van der Waals surface area (Å²) in [6, 6.07) is 0.155. The van der Waals surface area contributed by atoms with E-state index in [1.165, 1.54) is 11.2 Å². The normalized spacial score (nSPS) is 12.3. The lowest BCUT2D eigenvalue weighted by Gasteiger charge is -2.15. The molecule has 0 aliphatic rings. The second-order valence-electron chi connectivity index (χ2n) is 4.18. The maximum Gasteiger partial charge on any atom is 0.146 e. The van der Waals surface area contributed by atoms with Gasteiger partial charge in [0, 0.05) is 11.9 Å². The molecular formula is C12H16BrN5S. The minimum Gasteiger partial charge on any atom is -0.372 e. The largest absolute Gasteiger partial charge is 0.372 e. The van der Waals surface area contributed by atoms with Crippen LogP contribution in [0.4, 0.5) is 11.6 Å². The third-order valence-corrected chi connectivity index (χ3v) is 4.72. The zero-order chi connectivity index (χ0) is 14.0. The van der Waals surface area contributed by atoms with E-state index in [1.54, 1.807) is 11.3 Å². The average Bonchev–Trinajstić information content (AvgIpc) is 2.71. The van der Waals surface area contributed by atoms with Gasteiger partial charge < -0.3 is 10.6 Å². The van der Waals surface area contributed by atoms with E-state index in [9.17, 15) is 0 Å². The maximum atomic E-state index is 4.45. The summed E-state index contributed by atoms with van der Waals surface area (Å²) >= 11 is 5.21. The van der Waals surface area contributed by atoms with Crippen LogP contribution in [-0.2, 0) is 0 Å². The summed E-state index contributed by atoms with van der Waals surface area (Å²) in [4.78, 5) is 14.1. The molecule has 102 valence electrons. The lowest BCUT2D eigenvalue weighted by atomic mass is 10.2. The number of nitrogens with zero attached hydrogens (tertiary/aromatic N) is 3. The number of aryl methyl sites for hydroxylation is 2. The SMILES string of the molecule is CNc1ncnc(NC(C)c2sc(C)nc2C)c1Br. The summed E-state index contributed by atoms with van der Waals surface area (Å²) in [6.45, 7) is 6.16. The number of hydrogen-bond donors (Lipinski definition) is 2. The summed E-state index contributed by atoms with van der Waals surface area (Å²) in [5.41, 5.74) is 1.07. The molecule has 0 aliphatic heterocycles. The van der Waals surface area contributed by atoms with Crippen LogP contribution >= 0.6 is 27.3 Å². The van der Waals surface area contributed by atoms with Gasteiger partial charge >= 0.3 is 0 Å². The molecule has 0 amide bonds. The first-order valence-corrected chi connectivity index (χ1v) is 7.52. The monoisotopic (exact) mass is 341 g/mol. The number of halogens is 1. The Labute approximate surface area is 125 Å². The topological polar surface area (TPSA) is 62.7 Å². The number of hydrogen-bond acceptors (Lipinski definition) is 6. The molecule has 7 heteroatoms. The van der Waals surface area contributed by atoms with Crippen LogP contribution in [0.25, 0.3) is 0 Å². The van der Waals surface area contributed by atoms with Crippen molar-refractivity contribution in [3.8, 4) is 0 Å². The molecule has 1 atom stereocenters. The standard InChI is InChI=1S/C12H16BrN5S/c1-6-10(19-8(3)17-6)7(2)18-12-9(13)11(14-4)15-5-16-12/h5,7H,1-4H3,(H2,14,15,16,18). The average molecular weight is 342 g/mol. The number of rotatable bonds is 4. The van der Waals surface area contributed by atoms with Gasteiger partial charge in [0.2, 0.25) is 0 Å². The third-order valence-electron chi connectivity index (χ3n) is 2.71. The predicted molar refractivity (Wildman–Crippen MR) is 82.9 cm³/mol. The van der Waals surface area contributed by atoms with Crippen molar-refractivity contribution in [3.63, 3.8) is 0 Å². The number of aromatic nitrogens is 3. The molecular weight excluding hydrogens is 326 g/mol. The highest BCUT2D eigenvalue weighted by molar-refractivity contribution is 9.10. The van der Waals surface area contributed by atoms with E-state index in [4.69, 9.17) is 0 Å². The van der Waals surface area contributed by atoms with Gasteiger partial charge in [0.1, 0.15) is 22.4 Å². The van der Waals surface area contributed by atoms with Crippen LogP contribution < -0.4 is 10.6 Å². The number of anilines is 2. The Hall–Kier alpha value is -1.21. The molecule has 0 bridgehead atoms. The van der Waals surface area contributed by atoms with Crippen molar-refractivity contribution in [1.29, 1.82) is 0 Å². The molecule has 0 aromatic carbocycles. The zero-order valence-corrected chi connectivity index (χ0v) is 13.7. The van der Waals surface area contributed by atoms with Gasteiger partial charge in [0.15, 0.2) is 0 Å². The van der Waals surface area contributed by atoms with E-state index in [2.05, 4.69) is 48.4 Å². The molecule has 2 heterocycles. The lowest BCUT2D eigenvalue weighted by molar-refractivity contribution is 0.875. The third kappa shape index (κ3) is 3.03. The molecule has 0 spiro atoms. The van der Waals surface area contributed by atoms with E-state index in [0.29, 0.717) is 0 Å². The Bertz CT molecular complexity index is 583. The summed E-state index contributed by atoms with van der Waals surface area (Å²) in [6.07, 6.45) is 1.54. The highest BCUT2D eigenvalue weighted by atomic mass is 79.9. The first-order chi connectivity index (χ1) is 9.02. The van der Waals surface area contributed by atoms with Crippen molar-refractivity contribution in [2.45, 2.75) is 26.8 Å². The molecule has 0 saturated heterocycles. The molecule has 0 radical (unpaired) electrons. The van der Waals surface area contributed by atoms with Crippen molar-refractivity contribution in [2.75, 3.05) is 17.7 Å². The van der Waals surface area contributed by atoms with Crippen LogP contribution in [0.2, 0.25) is 0 Å².